The van der Waals surface area contributed by atoms with Gasteiger partial charge in [0.15, 0.2) is 0 Å². The number of carbonyl (C=O) groups is 2. The second-order valence-corrected chi connectivity index (χ2v) is 12.7. The number of hydrogen-bond donors (Lipinski definition) is 0. The highest BCUT2D eigenvalue weighted by molar-refractivity contribution is 6.34. The summed E-state index contributed by atoms with van der Waals surface area (Å²) in [6.45, 7) is 8.09. The van der Waals surface area contributed by atoms with Crippen molar-refractivity contribution in [2.24, 2.45) is 23.2 Å². The third-order valence-electron chi connectivity index (χ3n) is 9.32. The molecule has 1 aliphatic carbocycles. The van der Waals surface area contributed by atoms with E-state index in [4.69, 9.17) is 11.6 Å². The van der Waals surface area contributed by atoms with Gasteiger partial charge >= 0.3 is 0 Å². The molecule has 5 nitrogen and oxygen atoms in total. The number of halogens is 3. The van der Waals surface area contributed by atoms with Crippen LogP contribution in [-0.2, 0) is 0 Å². The molecule has 5 rings (SSSR count). The third kappa shape index (κ3) is 5.93. The Morgan fingerprint density at radius 2 is 1.54 bits per heavy atom. The summed E-state index contributed by atoms with van der Waals surface area (Å²) < 4.78 is 28.2. The van der Waals surface area contributed by atoms with E-state index in [0.29, 0.717) is 46.8 Å². The molecule has 2 aromatic carbocycles. The molecule has 2 aromatic rings. The Kier molecular flexibility index (Phi) is 7.91. The fourth-order valence-electron chi connectivity index (χ4n) is 6.44. The van der Waals surface area contributed by atoms with E-state index in [-0.39, 0.29) is 5.91 Å². The zero-order valence-corrected chi connectivity index (χ0v) is 23.8. The Bertz CT molecular complexity index is 1220. The van der Waals surface area contributed by atoms with Crippen LogP contribution in [0.25, 0.3) is 0 Å². The molecule has 0 radical (unpaired) electrons. The van der Waals surface area contributed by atoms with Gasteiger partial charge in [-0.15, -0.1) is 0 Å². The predicted octanol–water partition coefficient (Wildman–Crippen LogP) is 6.51. The van der Waals surface area contributed by atoms with E-state index in [1.807, 2.05) is 25.2 Å². The largest absolute Gasteiger partial charge is 0.371 e. The van der Waals surface area contributed by atoms with E-state index < -0.39 is 23.1 Å². The molecule has 1 saturated carbocycles. The van der Waals surface area contributed by atoms with Crippen LogP contribution in [0.4, 0.5) is 14.5 Å². The lowest BCUT2D eigenvalue weighted by molar-refractivity contribution is 0.0635. The first-order valence-corrected chi connectivity index (χ1v) is 14.5. The third-order valence-corrected chi connectivity index (χ3v) is 9.63. The van der Waals surface area contributed by atoms with Crippen LogP contribution < -0.4 is 4.90 Å². The minimum absolute atomic E-state index is 0.0319. The van der Waals surface area contributed by atoms with E-state index in [1.54, 1.807) is 9.80 Å². The number of carbonyl (C=O) groups excluding carboxylic acids is 2. The normalized spacial score (nSPS) is 21.6. The van der Waals surface area contributed by atoms with Crippen molar-refractivity contribution in [1.29, 1.82) is 0 Å². The Balaban J connectivity index is 1.12. The topological polar surface area (TPSA) is 43.9 Å². The van der Waals surface area contributed by atoms with Crippen LogP contribution in [0.2, 0.25) is 5.02 Å². The molecule has 1 unspecified atom stereocenters. The van der Waals surface area contributed by atoms with Gasteiger partial charge in [-0.25, -0.2) is 8.78 Å². The summed E-state index contributed by atoms with van der Waals surface area (Å²) in [6, 6.07) is 9.30. The zero-order valence-electron chi connectivity index (χ0n) is 23.1. The first-order chi connectivity index (χ1) is 18.5. The molecule has 210 valence electrons. The molecule has 3 fully saturated rings. The average molecular weight is 558 g/mol. The molecule has 2 aliphatic heterocycles. The maximum absolute atomic E-state index is 14.1. The summed E-state index contributed by atoms with van der Waals surface area (Å²) >= 11 is 6.60. The van der Waals surface area contributed by atoms with Crippen molar-refractivity contribution in [2.75, 3.05) is 44.7 Å². The van der Waals surface area contributed by atoms with E-state index in [2.05, 4.69) is 18.7 Å². The van der Waals surface area contributed by atoms with Gasteiger partial charge in [-0.2, -0.15) is 0 Å². The van der Waals surface area contributed by atoms with Crippen LogP contribution in [0.1, 0.15) is 66.7 Å². The summed E-state index contributed by atoms with van der Waals surface area (Å²) in [6.07, 6.45) is 4.93. The first kappa shape index (κ1) is 27.9. The van der Waals surface area contributed by atoms with Gasteiger partial charge in [-0.1, -0.05) is 31.5 Å². The lowest BCUT2D eigenvalue weighted by Gasteiger charge is -2.41. The molecule has 0 bridgehead atoms. The van der Waals surface area contributed by atoms with E-state index in [0.717, 1.165) is 69.6 Å². The number of nitrogens with zero attached hydrogens (tertiary/aromatic N) is 3. The van der Waals surface area contributed by atoms with Crippen LogP contribution >= 0.6 is 11.6 Å². The molecule has 2 heterocycles. The summed E-state index contributed by atoms with van der Waals surface area (Å²) in [5, 5.41) is 0.491. The van der Waals surface area contributed by atoms with Gasteiger partial charge in [0.1, 0.15) is 17.2 Å². The SMILES string of the molecule is CN(CC1CC1(C)C)C(=O)c1ccc(N2CCC(C3CCN(C(=O)c4c(F)cccc4F)CC3)CC2)cc1Cl. The molecule has 0 N–H and O–H groups in total. The Morgan fingerprint density at radius 3 is 2.08 bits per heavy atom. The average Bonchev–Trinajstić information content (AvgIpc) is 3.53. The highest BCUT2D eigenvalue weighted by atomic mass is 35.5. The Morgan fingerprint density at radius 1 is 0.974 bits per heavy atom. The van der Waals surface area contributed by atoms with Crippen LogP contribution in [0.5, 0.6) is 0 Å². The highest BCUT2D eigenvalue weighted by Crippen LogP contribution is 2.51. The van der Waals surface area contributed by atoms with Gasteiger partial charge in [0.25, 0.3) is 11.8 Å². The molecule has 1 atom stereocenters. The summed E-state index contributed by atoms with van der Waals surface area (Å²) in [5.41, 5.74) is 1.46. The summed E-state index contributed by atoms with van der Waals surface area (Å²) in [5.74, 6) is -0.593. The van der Waals surface area contributed by atoms with Crippen molar-refractivity contribution in [2.45, 2.75) is 46.0 Å². The number of likely N-dealkylation sites (tertiary alicyclic amines) is 1. The quantitative estimate of drug-likeness (QED) is 0.407. The van der Waals surface area contributed by atoms with Crippen LogP contribution in [-0.4, -0.2) is 61.4 Å². The molecule has 2 amide bonds. The van der Waals surface area contributed by atoms with Crippen LogP contribution in [0.3, 0.4) is 0 Å². The number of hydrogen-bond acceptors (Lipinski definition) is 3. The van der Waals surface area contributed by atoms with Gasteiger partial charge < -0.3 is 14.7 Å². The van der Waals surface area contributed by atoms with Gasteiger partial charge in [0.05, 0.1) is 10.6 Å². The van der Waals surface area contributed by atoms with Crippen molar-refractivity contribution in [1.82, 2.24) is 9.80 Å². The van der Waals surface area contributed by atoms with Crippen LogP contribution in [0.15, 0.2) is 36.4 Å². The molecule has 2 saturated heterocycles. The standard InChI is InChI=1S/C31H38ClF2N3O2/c1-31(2)18-22(31)19-35(3)29(38)24-8-7-23(17-25(24)32)36-13-9-20(10-14-36)21-11-15-37(16-12-21)30(39)28-26(33)5-4-6-27(28)34/h4-8,17,20-22H,9-16,18-19H2,1-3H3. The van der Waals surface area contributed by atoms with Crippen LogP contribution in [0, 0.1) is 34.8 Å². The molecular formula is C31H38ClF2N3O2. The lowest BCUT2D eigenvalue weighted by atomic mass is 9.78. The minimum atomic E-state index is -0.804. The number of anilines is 1. The van der Waals surface area contributed by atoms with E-state index in [1.165, 1.54) is 6.07 Å². The molecule has 8 heteroatoms. The molecule has 0 aromatic heterocycles. The van der Waals surface area contributed by atoms with Gasteiger partial charge in [-0.05, 0) is 85.6 Å². The molecule has 39 heavy (non-hydrogen) atoms. The van der Waals surface area contributed by atoms with Gasteiger partial charge in [0.2, 0.25) is 0 Å². The molecular weight excluding hydrogens is 520 g/mol. The minimum Gasteiger partial charge on any atom is -0.371 e. The zero-order chi connectivity index (χ0) is 27.9. The number of piperidine rings is 2. The Hall–Kier alpha value is -2.67. The highest BCUT2D eigenvalue weighted by Gasteiger charge is 2.46. The number of benzene rings is 2. The summed E-state index contributed by atoms with van der Waals surface area (Å²) in [7, 11) is 1.85. The van der Waals surface area contributed by atoms with Crippen molar-refractivity contribution in [3.63, 3.8) is 0 Å². The second-order valence-electron chi connectivity index (χ2n) is 12.3. The van der Waals surface area contributed by atoms with E-state index >= 15 is 0 Å². The summed E-state index contributed by atoms with van der Waals surface area (Å²) in [4.78, 5) is 31.4. The monoisotopic (exact) mass is 557 g/mol. The smallest absolute Gasteiger partial charge is 0.259 e. The molecule has 3 aliphatic rings. The number of amides is 2. The van der Waals surface area contributed by atoms with Crippen molar-refractivity contribution in [3.8, 4) is 0 Å². The second kappa shape index (κ2) is 11.1. The van der Waals surface area contributed by atoms with E-state index in [9.17, 15) is 18.4 Å². The van der Waals surface area contributed by atoms with Gasteiger partial charge in [0, 0.05) is 45.5 Å². The van der Waals surface area contributed by atoms with Crippen molar-refractivity contribution >= 4 is 29.1 Å². The maximum Gasteiger partial charge on any atom is 0.259 e. The first-order valence-electron chi connectivity index (χ1n) is 14.1. The lowest BCUT2D eigenvalue weighted by Crippen LogP contribution is -2.43. The van der Waals surface area contributed by atoms with Gasteiger partial charge in [-0.3, -0.25) is 9.59 Å². The molecule has 0 spiro atoms. The fourth-order valence-corrected chi connectivity index (χ4v) is 6.70. The van der Waals surface area contributed by atoms with Crippen molar-refractivity contribution in [3.05, 3.63) is 64.2 Å². The predicted molar refractivity (Wildman–Crippen MR) is 150 cm³/mol. The Labute approximate surface area is 235 Å². The maximum atomic E-state index is 14.1. The van der Waals surface area contributed by atoms with Crippen molar-refractivity contribution < 1.29 is 18.4 Å². The fraction of sp³-hybridized carbons (Fsp3) is 0.548. The number of rotatable bonds is 6.